The van der Waals surface area contributed by atoms with Crippen molar-refractivity contribution in [3.63, 3.8) is 0 Å². The third-order valence-corrected chi connectivity index (χ3v) is 2.24. The standard InChI is InChI=1S/C6H6F2IN3/c7-5(8)2-1-12-6(9)4(11)3(2)10/h1,5H,11H2,(H2,10,12). The van der Waals surface area contributed by atoms with Gasteiger partial charge in [0.25, 0.3) is 6.43 Å². The van der Waals surface area contributed by atoms with Gasteiger partial charge in [-0.25, -0.2) is 13.8 Å². The normalized spacial score (nSPS) is 10.7. The maximum atomic E-state index is 12.2. The molecule has 0 unspecified atom stereocenters. The van der Waals surface area contributed by atoms with Crippen LogP contribution in [0.15, 0.2) is 6.20 Å². The van der Waals surface area contributed by atoms with E-state index in [1.54, 1.807) is 0 Å². The van der Waals surface area contributed by atoms with E-state index in [0.717, 1.165) is 6.20 Å². The van der Waals surface area contributed by atoms with Crippen LogP contribution >= 0.6 is 22.6 Å². The number of hydrogen-bond donors (Lipinski definition) is 2. The van der Waals surface area contributed by atoms with Crippen LogP contribution in [0.3, 0.4) is 0 Å². The predicted octanol–water partition coefficient (Wildman–Crippen LogP) is 1.79. The quantitative estimate of drug-likeness (QED) is 0.610. The van der Waals surface area contributed by atoms with Crippen molar-refractivity contribution in [2.24, 2.45) is 0 Å². The molecule has 1 aromatic rings. The highest BCUT2D eigenvalue weighted by atomic mass is 127. The summed E-state index contributed by atoms with van der Waals surface area (Å²) in [5, 5.41) is 0. The van der Waals surface area contributed by atoms with Gasteiger partial charge < -0.3 is 11.5 Å². The van der Waals surface area contributed by atoms with Crippen LogP contribution < -0.4 is 11.5 Å². The number of aromatic nitrogens is 1. The van der Waals surface area contributed by atoms with Crippen LogP contribution in [0, 0.1) is 3.70 Å². The van der Waals surface area contributed by atoms with E-state index >= 15 is 0 Å². The Labute approximate surface area is 81.3 Å². The Morgan fingerprint density at radius 1 is 1.33 bits per heavy atom. The first kappa shape index (κ1) is 9.43. The lowest BCUT2D eigenvalue weighted by molar-refractivity contribution is 0.152. The number of hydrogen-bond acceptors (Lipinski definition) is 3. The van der Waals surface area contributed by atoms with E-state index < -0.39 is 6.43 Å². The number of anilines is 2. The highest BCUT2D eigenvalue weighted by molar-refractivity contribution is 14.1. The number of nitrogens with two attached hydrogens (primary N) is 2. The number of pyridine rings is 1. The van der Waals surface area contributed by atoms with Gasteiger partial charge in [0, 0.05) is 6.20 Å². The van der Waals surface area contributed by atoms with E-state index in [-0.39, 0.29) is 16.9 Å². The zero-order valence-corrected chi connectivity index (χ0v) is 8.05. The molecule has 0 spiro atoms. The fraction of sp³-hybridized carbons (Fsp3) is 0.167. The lowest BCUT2D eigenvalue weighted by atomic mass is 10.2. The molecule has 0 aliphatic rings. The van der Waals surface area contributed by atoms with E-state index in [2.05, 4.69) is 4.98 Å². The minimum absolute atomic E-state index is 0.0793. The van der Waals surface area contributed by atoms with Gasteiger partial charge in [-0.1, -0.05) is 0 Å². The number of nitrogens with zero attached hydrogens (tertiary/aromatic N) is 1. The molecule has 0 amide bonds. The van der Waals surface area contributed by atoms with E-state index in [0.29, 0.717) is 3.70 Å². The van der Waals surface area contributed by atoms with Crippen molar-refractivity contribution >= 4 is 34.0 Å². The molecule has 1 aromatic heterocycles. The van der Waals surface area contributed by atoms with Gasteiger partial charge in [0.05, 0.1) is 16.9 Å². The smallest absolute Gasteiger partial charge is 0.267 e. The number of halogens is 3. The number of alkyl halides is 2. The second-order valence-electron chi connectivity index (χ2n) is 2.13. The van der Waals surface area contributed by atoms with Crippen molar-refractivity contribution in [3.05, 3.63) is 15.5 Å². The highest BCUT2D eigenvalue weighted by Crippen LogP contribution is 2.30. The molecule has 0 saturated heterocycles. The molecule has 0 radical (unpaired) electrons. The van der Waals surface area contributed by atoms with Crippen LogP contribution in [0.25, 0.3) is 0 Å². The Morgan fingerprint density at radius 2 is 1.92 bits per heavy atom. The maximum Gasteiger partial charge on any atom is 0.267 e. The molecule has 6 heteroatoms. The zero-order valence-electron chi connectivity index (χ0n) is 5.89. The predicted molar refractivity (Wildman–Crippen MR) is 50.7 cm³/mol. The topological polar surface area (TPSA) is 64.9 Å². The lowest BCUT2D eigenvalue weighted by Gasteiger charge is -2.07. The molecule has 12 heavy (non-hydrogen) atoms. The van der Waals surface area contributed by atoms with Crippen LogP contribution in [0.2, 0.25) is 0 Å². The maximum absolute atomic E-state index is 12.2. The zero-order chi connectivity index (χ0) is 9.30. The Morgan fingerprint density at radius 3 is 2.42 bits per heavy atom. The van der Waals surface area contributed by atoms with Crippen LogP contribution in [0.1, 0.15) is 12.0 Å². The Bertz CT molecular complexity index is 303. The SMILES string of the molecule is Nc1c(C(F)F)cnc(I)c1N. The Balaban J connectivity index is 3.27. The van der Waals surface area contributed by atoms with Crippen LogP contribution in [0.5, 0.6) is 0 Å². The second-order valence-corrected chi connectivity index (χ2v) is 3.15. The molecule has 3 nitrogen and oxygen atoms in total. The first-order chi connectivity index (χ1) is 5.54. The van der Waals surface area contributed by atoms with Crippen molar-refractivity contribution in [2.45, 2.75) is 6.43 Å². The minimum atomic E-state index is -2.63. The molecule has 0 aliphatic carbocycles. The molecule has 0 aliphatic heterocycles. The molecule has 0 fully saturated rings. The van der Waals surface area contributed by atoms with Gasteiger partial charge in [-0.2, -0.15) is 0 Å². The van der Waals surface area contributed by atoms with Gasteiger partial charge in [0.1, 0.15) is 3.70 Å². The summed E-state index contributed by atoms with van der Waals surface area (Å²) in [5.41, 5.74) is 10.5. The average molecular weight is 285 g/mol. The van der Waals surface area contributed by atoms with Crippen LogP contribution in [-0.4, -0.2) is 4.98 Å². The number of nitrogen functional groups attached to an aromatic ring is 2. The Kier molecular flexibility index (Phi) is 2.65. The van der Waals surface area contributed by atoms with Gasteiger partial charge in [-0.05, 0) is 22.6 Å². The van der Waals surface area contributed by atoms with E-state index in [1.165, 1.54) is 0 Å². The van der Waals surface area contributed by atoms with Crippen LogP contribution in [0.4, 0.5) is 20.2 Å². The largest absolute Gasteiger partial charge is 0.397 e. The Hall–Kier alpha value is -0.660. The third kappa shape index (κ3) is 1.57. The fourth-order valence-corrected chi connectivity index (χ4v) is 1.14. The summed E-state index contributed by atoms with van der Waals surface area (Å²) in [6, 6.07) is 0. The molecule has 0 bridgehead atoms. The summed E-state index contributed by atoms with van der Waals surface area (Å²) < 4.78 is 24.8. The van der Waals surface area contributed by atoms with Gasteiger partial charge in [0.2, 0.25) is 0 Å². The minimum Gasteiger partial charge on any atom is -0.397 e. The monoisotopic (exact) mass is 285 g/mol. The van der Waals surface area contributed by atoms with Gasteiger partial charge in [0.15, 0.2) is 0 Å². The summed E-state index contributed by atoms with van der Waals surface area (Å²) in [7, 11) is 0. The highest BCUT2D eigenvalue weighted by Gasteiger charge is 2.15. The summed E-state index contributed by atoms with van der Waals surface area (Å²) in [4.78, 5) is 3.66. The van der Waals surface area contributed by atoms with Crippen LogP contribution in [-0.2, 0) is 0 Å². The molecule has 1 rings (SSSR count). The molecule has 0 aromatic carbocycles. The third-order valence-electron chi connectivity index (χ3n) is 1.38. The van der Waals surface area contributed by atoms with Gasteiger partial charge in [-0.3, -0.25) is 0 Å². The lowest BCUT2D eigenvalue weighted by Crippen LogP contribution is -2.04. The van der Waals surface area contributed by atoms with Crippen molar-refractivity contribution in [2.75, 3.05) is 11.5 Å². The fourth-order valence-electron chi connectivity index (χ4n) is 0.706. The van der Waals surface area contributed by atoms with Gasteiger partial charge in [-0.15, -0.1) is 0 Å². The molecule has 66 valence electrons. The van der Waals surface area contributed by atoms with Crippen molar-refractivity contribution in [1.29, 1.82) is 0 Å². The molecular weight excluding hydrogens is 279 g/mol. The molecular formula is C6H6F2IN3. The summed E-state index contributed by atoms with van der Waals surface area (Å²) in [5.74, 6) is 0. The average Bonchev–Trinajstić information content (AvgIpc) is 2.00. The second kappa shape index (κ2) is 3.38. The van der Waals surface area contributed by atoms with E-state index in [1.807, 2.05) is 22.6 Å². The van der Waals surface area contributed by atoms with Crippen molar-refractivity contribution < 1.29 is 8.78 Å². The summed E-state index contributed by atoms with van der Waals surface area (Å²) in [6.07, 6.45) is -1.59. The van der Waals surface area contributed by atoms with Gasteiger partial charge >= 0.3 is 0 Å². The first-order valence-electron chi connectivity index (χ1n) is 3.01. The van der Waals surface area contributed by atoms with E-state index in [4.69, 9.17) is 11.5 Å². The number of rotatable bonds is 1. The summed E-state index contributed by atoms with van der Waals surface area (Å²) >= 11 is 1.83. The summed E-state index contributed by atoms with van der Waals surface area (Å²) in [6.45, 7) is 0. The van der Waals surface area contributed by atoms with Crippen molar-refractivity contribution in [3.8, 4) is 0 Å². The molecule has 4 N–H and O–H groups in total. The molecule has 0 saturated carbocycles. The van der Waals surface area contributed by atoms with E-state index in [9.17, 15) is 8.78 Å². The first-order valence-corrected chi connectivity index (χ1v) is 4.09. The molecule has 1 heterocycles. The molecule has 0 atom stereocenters. The van der Waals surface area contributed by atoms with Crippen molar-refractivity contribution in [1.82, 2.24) is 4.98 Å².